The molecule has 6 nitrogen and oxygen atoms in total. The number of amides is 1. The first-order valence-corrected chi connectivity index (χ1v) is 7.24. The van der Waals surface area contributed by atoms with Crippen molar-refractivity contribution in [3.8, 4) is 0 Å². The Balaban J connectivity index is 2.61. The molecule has 2 N–H and O–H groups in total. The van der Waals surface area contributed by atoms with Crippen molar-refractivity contribution in [3.05, 3.63) is 19.9 Å². The van der Waals surface area contributed by atoms with Crippen LogP contribution in [0.1, 0.15) is 23.2 Å². The SMILES string of the molecule is COC(=O)CC[C@@H](NC(=O)c1csc(I)c1)C(=O)O. The zero-order valence-corrected chi connectivity index (χ0v) is 13.0. The van der Waals surface area contributed by atoms with E-state index in [-0.39, 0.29) is 12.8 Å². The molecule has 0 spiro atoms. The Morgan fingerprint density at radius 3 is 2.68 bits per heavy atom. The molecular formula is C11H12INO5S. The summed E-state index contributed by atoms with van der Waals surface area (Å²) in [7, 11) is 1.23. The number of hydrogen-bond donors (Lipinski definition) is 2. The molecule has 1 aromatic heterocycles. The molecular weight excluding hydrogens is 385 g/mol. The maximum absolute atomic E-state index is 11.8. The van der Waals surface area contributed by atoms with Crippen LogP contribution in [0.4, 0.5) is 0 Å². The van der Waals surface area contributed by atoms with Crippen molar-refractivity contribution in [1.82, 2.24) is 5.32 Å². The number of rotatable bonds is 6. The van der Waals surface area contributed by atoms with E-state index in [1.54, 1.807) is 11.4 Å². The van der Waals surface area contributed by atoms with Crippen LogP contribution >= 0.6 is 33.9 Å². The Hall–Kier alpha value is -1.16. The number of thiophene rings is 1. The van der Waals surface area contributed by atoms with Gasteiger partial charge in [-0.2, -0.15) is 0 Å². The maximum Gasteiger partial charge on any atom is 0.326 e. The van der Waals surface area contributed by atoms with Crippen molar-refractivity contribution in [1.29, 1.82) is 0 Å². The third-order valence-electron chi connectivity index (χ3n) is 2.30. The van der Waals surface area contributed by atoms with Crippen LogP contribution in [0.25, 0.3) is 0 Å². The van der Waals surface area contributed by atoms with E-state index in [9.17, 15) is 14.4 Å². The summed E-state index contributed by atoms with van der Waals surface area (Å²) in [5.41, 5.74) is 0.415. The van der Waals surface area contributed by atoms with Crippen LogP contribution < -0.4 is 5.32 Å². The largest absolute Gasteiger partial charge is 0.480 e. The zero-order valence-electron chi connectivity index (χ0n) is 10.0. The van der Waals surface area contributed by atoms with E-state index in [4.69, 9.17) is 5.11 Å². The van der Waals surface area contributed by atoms with Gasteiger partial charge in [-0.15, -0.1) is 11.3 Å². The number of halogens is 1. The van der Waals surface area contributed by atoms with Crippen LogP contribution in [0.3, 0.4) is 0 Å². The average Bonchev–Trinajstić information content (AvgIpc) is 2.80. The third-order valence-corrected chi connectivity index (χ3v) is 4.09. The molecule has 0 aliphatic rings. The highest BCUT2D eigenvalue weighted by Crippen LogP contribution is 2.16. The molecule has 0 radical (unpaired) electrons. The molecule has 0 unspecified atom stereocenters. The van der Waals surface area contributed by atoms with Gasteiger partial charge in [-0.3, -0.25) is 9.59 Å². The second-order valence-electron chi connectivity index (χ2n) is 3.62. The Labute approximate surface area is 127 Å². The summed E-state index contributed by atoms with van der Waals surface area (Å²) >= 11 is 3.47. The third kappa shape index (κ3) is 5.15. The number of esters is 1. The normalized spacial score (nSPS) is 11.7. The minimum Gasteiger partial charge on any atom is -0.480 e. The van der Waals surface area contributed by atoms with Gasteiger partial charge < -0.3 is 15.2 Å². The lowest BCUT2D eigenvalue weighted by Crippen LogP contribution is -2.41. The van der Waals surface area contributed by atoms with Gasteiger partial charge in [0.15, 0.2) is 0 Å². The van der Waals surface area contributed by atoms with E-state index in [0.29, 0.717) is 5.56 Å². The van der Waals surface area contributed by atoms with Gasteiger partial charge in [-0.25, -0.2) is 4.79 Å². The summed E-state index contributed by atoms with van der Waals surface area (Å²) < 4.78 is 5.36. The Morgan fingerprint density at radius 1 is 1.53 bits per heavy atom. The van der Waals surface area contributed by atoms with Gasteiger partial charge in [0.25, 0.3) is 5.91 Å². The van der Waals surface area contributed by atoms with Gasteiger partial charge in [0, 0.05) is 11.8 Å². The molecule has 0 aliphatic heterocycles. The van der Waals surface area contributed by atoms with E-state index in [2.05, 4.69) is 32.6 Å². The molecule has 1 aromatic rings. The minimum atomic E-state index is -1.18. The molecule has 0 aromatic carbocycles. The van der Waals surface area contributed by atoms with Crippen molar-refractivity contribution in [3.63, 3.8) is 0 Å². The molecule has 8 heteroatoms. The Kier molecular flexibility index (Phi) is 6.22. The predicted molar refractivity (Wildman–Crippen MR) is 77.2 cm³/mol. The fourth-order valence-electron chi connectivity index (χ4n) is 1.29. The average molecular weight is 397 g/mol. The first kappa shape index (κ1) is 15.9. The number of aliphatic carboxylic acids is 1. The van der Waals surface area contributed by atoms with E-state index in [1.807, 2.05) is 0 Å². The van der Waals surface area contributed by atoms with Crippen molar-refractivity contribution < 1.29 is 24.2 Å². The van der Waals surface area contributed by atoms with Crippen LogP contribution in [0.5, 0.6) is 0 Å². The van der Waals surface area contributed by atoms with Gasteiger partial charge >= 0.3 is 11.9 Å². The summed E-state index contributed by atoms with van der Waals surface area (Å²) in [6, 6.07) is 0.559. The second-order valence-corrected chi connectivity index (χ2v) is 6.42. The van der Waals surface area contributed by atoms with Crippen molar-refractivity contribution in [2.45, 2.75) is 18.9 Å². The summed E-state index contributed by atoms with van der Waals surface area (Å²) in [6.07, 6.45) is -0.0656. The summed E-state index contributed by atoms with van der Waals surface area (Å²) in [4.78, 5) is 33.8. The lowest BCUT2D eigenvalue weighted by Gasteiger charge is -2.13. The summed E-state index contributed by atoms with van der Waals surface area (Å²) in [5, 5.41) is 13.0. The molecule has 0 fully saturated rings. The first-order chi connectivity index (χ1) is 8.93. The van der Waals surface area contributed by atoms with Gasteiger partial charge in [0.05, 0.1) is 15.6 Å². The number of carboxylic acid groups (broad SMARTS) is 1. The van der Waals surface area contributed by atoms with E-state index in [1.165, 1.54) is 18.4 Å². The molecule has 104 valence electrons. The van der Waals surface area contributed by atoms with Crippen LogP contribution in [0.2, 0.25) is 0 Å². The van der Waals surface area contributed by atoms with Crippen molar-refractivity contribution in [2.75, 3.05) is 7.11 Å². The van der Waals surface area contributed by atoms with Gasteiger partial charge in [-0.1, -0.05) is 0 Å². The van der Waals surface area contributed by atoms with Crippen LogP contribution in [-0.4, -0.2) is 36.1 Å². The number of hydrogen-bond acceptors (Lipinski definition) is 5. The fourth-order valence-corrected chi connectivity index (χ4v) is 2.62. The number of carbonyl (C=O) groups is 3. The van der Waals surface area contributed by atoms with Gasteiger partial charge in [-0.05, 0) is 35.1 Å². The van der Waals surface area contributed by atoms with E-state index >= 15 is 0 Å². The topological polar surface area (TPSA) is 92.7 Å². The highest BCUT2D eigenvalue weighted by molar-refractivity contribution is 14.1. The molecule has 1 heterocycles. The summed E-state index contributed by atoms with van der Waals surface area (Å²) in [5.74, 6) is -2.15. The molecule has 0 saturated carbocycles. The Bertz CT molecular complexity index is 487. The van der Waals surface area contributed by atoms with E-state index < -0.39 is 23.9 Å². The van der Waals surface area contributed by atoms with Crippen molar-refractivity contribution >= 4 is 51.8 Å². The second kappa shape index (κ2) is 7.43. The van der Waals surface area contributed by atoms with Crippen LogP contribution in [0.15, 0.2) is 11.4 Å². The van der Waals surface area contributed by atoms with Gasteiger partial charge in [0.1, 0.15) is 6.04 Å². The smallest absolute Gasteiger partial charge is 0.326 e. The lowest BCUT2D eigenvalue weighted by atomic mass is 10.1. The van der Waals surface area contributed by atoms with Crippen LogP contribution in [-0.2, 0) is 14.3 Å². The maximum atomic E-state index is 11.8. The molecule has 0 bridgehead atoms. The number of ether oxygens (including phenoxy) is 1. The molecule has 1 amide bonds. The van der Waals surface area contributed by atoms with Crippen molar-refractivity contribution in [2.24, 2.45) is 0 Å². The summed E-state index contributed by atoms with van der Waals surface area (Å²) in [6.45, 7) is 0. The monoisotopic (exact) mass is 397 g/mol. The zero-order chi connectivity index (χ0) is 14.4. The van der Waals surface area contributed by atoms with Gasteiger partial charge in [0.2, 0.25) is 0 Å². The minimum absolute atomic E-state index is 0.00498. The molecule has 19 heavy (non-hydrogen) atoms. The molecule has 1 atom stereocenters. The fraction of sp³-hybridized carbons (Fsp3) is 0.364. The highest BCUT2D eigenvalue weighted by Gasteiger charge is 2.22. The molecule has 0 aliphatic carbocycles. The molecule has 1 rings (SSSR count). The van der Waals surface area contributed by atoms with Crippen LogP contribution in [0, 0.1) is 2.88 Å². The first-order valence-electron chi connectivity index (χ1n) is 5.28. The Morgan fingerprint density at radius 2 is 2.21 bits per heavy atom. The number of methoxy groups -OCH3 is 1. The number of nitrogens with one attached hydrogen (secondary N) is 1. The lowest BCUT2D eigenvalue weighted by molar-refractivity contribution is -0.142. The molecule has 0 saturated heterocycles. The van der Waals surface area contributed by atoms with E-state index in [0.717, 1.165) is 2.88 Å². The quantitative estimate of drug-likeness (QED) is 0.561. The number of carboxylic acids is 1. The predicted octanol–water partition coefficient (Wildman–Crippen LogP) is 1.49. The number of carbonyl (C=O) groups excluding carboxylic acids is 2. The standard InChI is InChI=1S/C11H12INO5S/c1-18-9(14)3-2-7(11(16)17)13-10(15)6-4-8(12)19-5-6/h4-5,7H,2-3H2,1H3,(H,13,15)(H,16,17)/t7-/m1/s1. The highest BCUT2D eigenvalue weighted by atomic mass is 127.